The Morgan fingerprint density at radius 3 is 2.24 bits per heavy atom. The highest BCUT2D eigenvalue weighted by Gasteiger charge is 2.07. The first-order valence-corrected chi connectivity index (χ1v) is 6.39. The van der Waals surface area contributed by atoms with Gasteiger partial charge in [-0.05, 0) is 36.4 Å². The van der Waals surface area contributed by atoms with E-state index in [9.17, 15) is 4.79 Å². The van der Waals surface area contributed by atoms with E-state index in [2.05, 4.69) is 13.2 Å². The highest BCUT2D eigenvalue weighted by molar-refractivity contribution is 5.90. The Balaban J connectivity index is 0.00000191. The number of esters is 1. The lowest BCUT2D eigenvalue weighted by atomic mass is 10.2. The highest BCUT2D eigenvalue weighted by atomic mass is 16.5. The molecule has 0 aliphatic rings. The Labute approximate surface area is 125 Å². The Morgan fingerprint density at radius 1 is 1.19 bits per heavy atom. The molecule has 0 atom stereocenters. The lowest BCUT2D eigenvalue weighted by Gasteiger charge is -2.04. The molecular weight excluding hydrogens is 266 g/mol. The summed E-state index contributed by atoms with van der Waals surface area (Å²) in [6, 6.07) is 8.34. The van der Waals surface area contributed by atoms with Gasteiger partial charge in [0.2, 0.25) is 0 Å². The highest BCUT2D eigenvalue weighted by Crippen LogP contribution is 2.13. The average molecular weight is 285 g/mol. The molecule has 0 N–H and O–H groups in total. The van der Waals surface area contributed by atoms with Crippen LogP contribution in [0.25, 0.3) is 0 Å². The van der Waals surface area contributed by atoms with E-state index in [1.54, 1.807) is 31.4 Å². The second-order valence-electron chi connectivity index (χ2n) is 3.55. The van der Waals surface area contributed by atoms with Crippen LogP contribution in [-0.4, -0.2) is 13.1 Å². The molecule has 1 rings (SSSR count). The van der Waals surface area contributed by atoms with Gasteiger partial charge in [0.05, 0.1) is 18.7 Å². The summed E-state index contributed by atoms with van der Waals surface area (Å²) in [5.74, 6) is 0.262. The van der Waals surface area contributed by atoms with Gasteiger partial charge < -0.3 is 9.47 Å². The van der Waals surface area contributed by atoms with E-state index < -0.39 is 5.97 Å². The number of methoxy groups -OCH3 is 1. The molecule has 0 saturated heterocycles. The summed E-state index contributed by atoms with van der Waals surface area (Å²) in [5, 5.41) is 8.51. The number of benzene rings is 1. The third kappa shape index (κ3) is 6.79. The van der Waals surface area contributed by atoms with Crippen LogP contribution in [0.5, 0.6) is 5.75 Å². The first kappa shape index (κ1) is 18.2. The van der Waals surface area contributed by atoms with E-state index in [4.69, 9.17) is 14.7 Å². The largest absolute Gasteiger partial charge is 0.497 e. The van der Waals surface area contributed by atoms with Crippen molar-refractivity contribution in [2.75, 3.05) is 7.11 Å². The van der Waals surface area contributed by atoms with Crippen molar-refractivity contribution in [3.05, 3.63) is 66.5 Å². The first-order chi connectivity index (χ1) is 10.1. The van der Waals surface area contributed by atoms with Crippen molar-refractivity contribution >= 4 is 5.97 Å². The lowest BCUT2D eigenvalue weighted by molar-refractivity contribution is 0.0638. The van der Waals surface area contributed by atoms with E-state index in [1.807, 2.05) is 19.9 Å². The quantitative estimate of drug-likeness (QED) is 0.355. The van der Waals surface area contributed by atoms with Crippen molar-refractivity contribution in [1.82, 2.24) is 0 Å². The maximum absolute atomic E-state index is 11.7. The molecule has 0 heterocycles. The summed E-state index contributed by atoms with van der Waals surface area (Å²) in [5.41, 5.74) is 0.635. The van der Waals surface area contributed by atoms with Crippen LogP contribution in [-0.2, 0) is 4.74 Å². The minimum Gasteiger partial charge on any atom is -0.497 e. The molecule has 1 aromatic rings. The number of nitrogens with zero attached hydrogens (tertiary/aromatic N) is 1. The van der Waals surface area contributed by atoms with Crippen molar-refractivity contribution in [2.45, 2.75) is 13.8 Å². The molecule has 0 saturated carbocycles. The number of rotatable bonds is 5. The Bertz CT molecular complexity index is 563. The van der Waals surface area contributed by atoms with Gasteiger partial charge in [-0.3, -0.25) is 0 Å². The standard InChI is InChI=1S/C15H13NO3.C2H6/c1-11(10-16)4-5-12(2)19-15(17)13-6-8-14(18-3)9-7-13;1-2/h4-9H,1-2H2,3H3;1-2H3/b5-4-;. The van der Waals surface area contributed by atoms with Crippen LogP contribution in [0.3, 0.4) is 0 Å². The van der Waals surface area contributed by atoms with E-state index >= 15 is 0 Å². The molecule has 0 aliphatic heterocycles. The van der Waals surface area contributed by atoms with Crippen LogP contribution >= 0.6 is 0 Å². The fraction of sp³-hybridized carbons (Fsp3) is 0.176. The van der Waals surface area contributed by atoms with Gasteiger partial charge in [-0.15, -0.1) is 0 Å². The maximum Gasteiger partial charge on any atom is 0.343 e. The smallest absolute Gasteiger partial charge is 0.343 e. The third-order valence-electron chi connectivity index (χ3n) is 2.16. The summed E-state index contributed by atoms with van der Waals surface area (Å²) < 4.78 is 9.98. The summed E-state index contributed by atoms with van der Waals surface area (Å²) in [6.45, 7) is 11.0. The molecule has 1 aromatic carbocycles. The number of nitriles is 1. The lowest BCUT2D eigenvalue weighted by Crippen LogP contribution is -2.03. The Hall–Kier alpha value is -2.80. The monoisotopic (exact) mass is 285 g/mol. The van der Waals surface area contributed by atoms with Gasteiger partial charge in [-0.1, -0.05) is 27.0 Å². The van der Waals surface area contributed by atoms with Crippen LogP contribution in [0.15, 0.2) is 60.9 Å². The Morgan fingerprint density at radius 2 is 1.76 bits per heavy atom. The van der Waals surface area contributed by atoms with E-state index in [1.165, 1.54) is 12.2 Å². The van der Waals surface area contributed by atoms with Crippen molar-refractivity contribution < 1.29 is 14.3 Å². The molecule has 4 heteroatoms. The van der Waals surface area contributed by atoms with Crippen LogP contribution in [0.1, 0.15) is 24.2 Å². The molecule has 0 unspecified atom stereocenters. The zero-order valence-electron chi connectivity index (χ0n) is 12.6. The molecular formula is C17H19NO3. The number of carbonyl (C=O) groups excluding carboxylic acids is 1. The predicted molar refractivity (Wildman–Crippen MR) is 82.8 cm³/mol. The van der Waals surface area contributed by atoms with Gasteiger partial charge in [0.15, 0.2) is 0 Å². The minimum absolute atomic E-state index is 0.136. The molecule has 110 valence electrons. The van der Waals surface area contributed by atoms with Crippen LogP contribution in [0, 0.1) is 11.3 Å². The molecule has 21 heavy (non-hydrogen) atoms. The SMILES string of the molecule is C=C(C#N)/C=C\C(=C)OC(=O)c1ccc(OC)cc1.CC. The number of hydrogen-bond acceptors (Lipinski definition) is 4. The maximum atomic E-state index is 11.7. The molecule has 0 spiro atoms. The van der Waals surface area contributed by atoms with Gasteiger partial charge in [-0.2, -0.15) is 5.26 Å². The number of allylic oxidation sites excluding steroid dienone is 3. The van der Waals surface area contributed by atoms with Crippen molar-refractivity contribution in [3.63, 3.8) is 0 Å². The Kier molecular flexibility index (Phi) is 8.70. The van der Waals surface area contributed by atoms with Gasteiger partial charge in [0, 0.05) is 5.57 Å². The molecule has 0 aromatic heterocycles. The van der Waals surface area contributed by atoms with Gasteiger partial charge in [-0.25, -0.2) is 4.79 Å². The molecule has 4 nitrogen and oxygen atoms in total. The van der Waals surface area contributed by atoms with Crippen LogP contribution in [0.2, 0.25) is 0 Å². The first-order valence-electron chi connectivity index (χ1n) is 6.39. The fourth-order valence-electron chi connectivity index (χ4n) is 1.17. The number of carbonyl (C=O) groups is 1. The van der Waals surface area contributed by atoms with E-state index in [0.717, 1.165) is 0 Å². The number of ether oxygens (including phenoxy) is 2. The van der Waals surface area contributed by atoms with Gasteiger partial charge in [0.1, 0.15) is 11.5 Å². The van der Waals surface area contributed by atoms with Crippen molar-refractivity contribution in [2.24, 2.45) is 0 Å². The zero-order valence-corrected chi connectivity index (χ0v) is 12.6. The second kappa shape index (κ2) is 10.0. The van der Waals surface area contributed by atoms with Gasteiger partial charge in [0.25, 0.3) is 0 Å². The summed E-state index contributed by atoms with van der Waals surface area (Å²) in [7, 11) is 1.54. The van der Waals surface area contributed by atoms with E-state index in [-0.39, 0.29) is 11.3 Å². The van der Waals surface area contributed by atoms with Crippen LogP contribution in [0.4, 0.5) is 0 Å². The van der Waals surface area contributed by atoms with Crippen molar-refractivity contribution in [3.8, 4) is 11.8 Å². The number of hydrogen-bond donors (Lipinski definition) is 0. The van der Waals surface area contributed by atoms with Gasteiger partial charge >= 0.3 is 5.97 Å². The molecule has 0 amide bonds. The van der Waals surface area contributed by atoms with Crippen LogP contribution < -0.4 is 4.74 Å². The van der Waals surface area contributed by atoms with Crippen molar-refractivity contribution in [1.29, 1.82) is 5.26 Å². The fourth-order valence-corrected chi connectivity index (χ4v) is 1.17. The zero-order chi connectivity index (χ0) is 16.3. The topological polar surface area (TPSA) is 59.3 Å². The molecule has 0 radical (unpaired) electrons. The second-order valence-corrected chi connectivity index (χ2v) is 3.55. The predicted octanol–water partition coefficient (Wildman–Crippen LogP) is 4.03. The molecule has 0 aliphatic carbocycles. The summed E-state index contributed by atoms with van der Waals surface area (Å²) in [6.07, 6.45) is 2.83. The minimum atomic E-state index is -0.528. The average Bonchev–Trinajstić information content (AvgIpc) is 2.54. The summed E-state index contributed by atoms with van der Waals surface area (Å²) >= 11 is 0. The third-order valence-corrected chi connectivity index (χ3v) is 2.16. The normalized spacial score (nSPS) is 9.05. The molecule has 0 fully saturated rings. The summed E-state index contributed by atoms with van der Waals surface area (Å²) in [4.78, 5) is 11.7. The van der Waals surface area contributed by atoms with E-state index in [0.29, 0.717) is 11.3 Å². The molecule has 0 bridgehead atoms.